The van der Waals surface area contributed by atoms with E-state index in [2.05, 4.69) is 0 Å². The van der Waals surface area contributed by atoms with E-state index in [0.29, 0.717) is 0 Å². The normalized spacial score (nSPS) is 8.57. The van der Waals surface area contributed by atoms with E-state index in [4.69, 9.17) is 19.2 Å². The van der Waals surface area contributed by atoms with Gasteiger partial charge in [-0.2, -0.15) is 0 Å². The van der Waals surface area contributed by atoms with Crippen LogP contribution in [0, 0.1) is 0 Å². The first-order chi connectivity index (χ1) is 2.00. The smallest absolute Gasteiger partial charge is 1.00 e. The van der Waals surface area contributed by atoms with Gasteiger partial charge >= 0.3 is 46.8 Å². The van der Waals surface area contributed by atoms with Gasteiger partial charge in [0.25, 0.3) is 0 Å². The van der Waals surface area contributed by atoms with Gasteiger partial charge in [0.2, 0.25) is 0 Å². The molecule has 7 heteroatoms. The minimum absolute atomic E-state index is 0. The van der Waals surface area contributed by atoms with Crippen LogP contribution in [0.1, 0.15) is 2.85 Å². The first kappa shape index (κ1) is 16.0. The van der Waals surface area contributed by atoms with Crippen molar-refractivity contribution in [2.24, 2.45) is 0 Å². The summed E-state index contributed by atoms with van der Waals surface area (Å²) in [7, 11) is -4.61. The van der Waals surface area contributed by atoms with Gasteiger partial charge in [0.15, 0.2) is 0 Å². The van der Waals surface area contributed by atoms with E-state index < -0.39 is 9.05 Å². The van der Waals surface area contributed by atoms with Crippen LogP contribution in [0.4, 0.5) is 0 Å². The standard InChI is InChI=1S/Ca.H4O4Si.Ta.2H/c;1-5(2,3)4;;;/h;1-4H;;;/q+2;;;2*-1. The molecule has 0 bridgehead atoms. The second-order valence-electron chi connectivity index (χ2n) is 0.600. The summed E-state index contributed by atoms with van der Waals surface area (Å²) in [5, 5.41) is 0. The van der Waals surface area contributed by atoms with Crippen LogP contribution in [0.2, 0.25) is 0 Å². The van der Waals surface area contributed by atoms with E-state index in [0.717, 1.165) is 0 Å². The van der Waals surface area contributed by atoms with Crippen molar-refractivity contribution in [3.63, 3.8) is 0 Å². The SMILES string of the molecule is O[Si](O)(O)O.[Ca+2].[H-].[H-].[Ta]. The molecule has 0 atom stereocenters. The monoisotopic (exact) mass is 319 g/mol. The molecular formula is H6CaO4SiTa. The maximum Gasteiger partial charge on any atom is 2.00 e. The van der Waals surface area contributed by atoms with E-state index in [-0.39, 0.29) is 63.0 Å². The molecule has 0 heterocycles. The largest absolute Gasteiger partial charge is 2.00 e. The average molecular weight is 319 g/mol. The first-order valence-corrected chi connectivity index (χ1v) is 2.68. The van der Waals surface area contributed by atoms with E-state index in [1.54, 1.807) is 0 Å². The Morgan fingerprint density at radius 1 is 1.00 bits per heavy atom. The Bertz CT molecular complexity index is 34.0. The van der Waals surface area contributed by atoms with Crippen molar-refractivity contribution >= 4 is 46.8 Å². The van der Waals surface area contributed by atoms with Gasteiger partial charge in [0.1, 0.15) is 0 Å². The van der Waals surface area contributed by atoms with E-state index in [9.17, 15) is 0 Å². The molecule has 0 unspecified atom stereocenters. The van der Waals surface area contributed by atoms with Crippen molar-refractivity contribution in [1.82, 2.24) is 0 Å². The fourth-order valence-electron chi connectivity index (χ4n) is 0. The third-order valence-corrected chi connectivity index (χ3v) is 0. The molecule has 4 nitrogen and oxygen atoms in total. The molecule has 0 fully saturated rings. The maximum atomic E-state index is 7.33. The predicted octanol–water partition coefficient (Wildman–Crippen LogP) is -2.77. The van der Waals surface area contributed by atoms with Crippen LogP contribution in [-0.2, 0) is 22.4 Å². The van der Waals surface area contributed by atoms with Crippen molar-refractivity contribution in [3.05, 3.63) is 0 Å². The fraction of sp³-hybridized carbons (Fsp3) is 0. The van der Waals surface area contributed by atoms with Gasteiger partial charge in [-0.25, -0.2) is 0 Å². The van der Waals surface area contributed by atoms with Gasteiger partial charge < -0.3 is 22.0 Å². The van der Waals surface area contributed by atoms with Gasteiger partial charge in [-0.15, -0.1) is 0 Å². The quantitative estimate of drug-likeness (QED) is 0.365. The van der Waals surface area contributed by atoms with E-state index in [1.165, 1.54) is 0 Å². The predicted molar refractivity (Wildman–Crippen MR) is 22.6 cm³/mol. The van der Waals surface area contributed by atoms with Gasteiger partial charge in [0, 0.05) is 22.4 Å². The van der Waals surface area contributed by atoms with Crippen molar-refractivity contribution in [1.29, 1.82) is 0 Å². The van der Waals surface area contributed by atoms with Gasteiger partial charge in [-0.05, 0) is 0 Å². The number of rotatable bonds is 0. The van der Waals surface area contributed by atoms with Crippen LogP contribution >= 0.6 is 0 Å². The minimum atomic E-state index is -4.61. The van der Waals surface area contributed by atoms with Gasteiger partial charge in [-0.1, -0.05) is 0 Å². The van der Waals surface area contributed by atoms with Crippen LogP contribution in [0.5, 0.6) is 0 Å². The Kier molecular flexibility index (Phi) is 14.2. The second-order valence-corrected chi connectivity index (χ2v) is 1.80. The zero-order valence-electron chi connectivity index (χ0n) is 5.44. The molecular weight excluding hydrogens is 313 g/mol. The number of hydrogen-bond donors (Lipinski definition) is 4. The Morgan fingerprint density at radius 2 is 1.00 bits per heavy atom. The molecule has 0 amide bonds. The molecule has 7 heavy (non-hydrogen) atoms. The molecule has 0 aromatic heterocycles. The molecule has 41 valence electrons. The Balaban J connectivity index is -0.0000000133. The molecule has 0 rings (SSSR count). The third-order valence-electron chi connectivity index (χ3n) is 0. The van der Waals surface area contributed by atoms with Crippen molar-refractivity contribution in [2.45, 2.75) is 0 Å². The summed E-state index contributed by atoms with van der Waals surface area (Å²) in [4.78, 5) is 29.3. The van der Waals surface area contributed by atoms with E-state index >= 15 is 0 Å². The molecule has 0 aromatic carbocycles. The van der Waals surface area contributed by atoms with Gasteiger partial charge in [0.05, 0.1) is 0 Å². The van der Waals surface area contributed by atoms with E-state index in [1.807, 2.05) is 0 Å². The Hall–Kier alpha value is 2.06. The molecule has 0 aliphatic rings. The molecule has 0 saturated heterocycles. The minimum Gasteiger partial charge on any atom is -1.00 e. The number of hydrogen-bond acceptors (Lipinski definition) is 4. The summed E-state index contributed by atoms with van der Waals surface area (Å²) in [6.07, 6.45) is 0. The van der Waals surface area contributed by atoms with Crippen LogP contribution in [0.3, 0.4) is 0 Å². The average Bonchev–Trinajstić information content (AvgIpc) is 0.722. The zero-order valence-corrected chi connectivity index (χ0v) is 9.86. The molecule has 0 aromatic rings. The van der Waals surface area contributed by atoms with Crippen molar-refractivity contribution < 1.29 is 44.4 Å². The topological polar surface area (TPSA) is 80.9 Å². The maximum absolute atomic E-state index is 7.33. The summed E-state index contributed by atoms with van der Waals surface area (Å²) < 4.78 is 0. The van der Waals surface area contributed by atoms with Crippen LogP contribution < -0.4 is 0 Å². The summed E-state index contributed by atoms with van der Waals surface area (Å²) in [5.41, 5.74) is 0. The summed E-state index contributed by atoms with van der Waals surface area (Å²) in [5.74, 6) is 0. The van der Waals surface area contributed by atoms with Gasteiger partial charge in [-0.3, -0.25) is 0 Å². The molecule has 0 saturated carbocycles. The second kappa shape index (κ2) is 6.18. The van der Waals surface area contributed by atoms with Crippen LogP contribution in [-0.4, -0.2) is 66.0 Å². The Labute approximate surface area is 90.1 Å². The Morgan fingerprint density at radius 3 is 1.00 bits per heavy atom. The third kappa shape index (κ3) is 69.9. The molecule has 4 N–H and O–H groups in total. The van der Waals surface area contributed by atoms with Crippen molar-refractivity contribution in [3.8, 4) is 0 Å². The molecule has 1 radical (unpaired) electrons. The molecule has 0 aliphatic carbocycles. The van der Waals surface area contributed by atoms with Crippen LogP contribution in [0.15, 0.2) is 0 Å². The zero-order chi connectivity index (χ0) is 4.50. The summed E-state index contributed by atoms with van der Waals surface area (Å²) >= 11 is 0. The van der Waals surface area contributed by atoms with Crippen LogP contribution in [0.25, 0.3) is 0 Å². The molecule has 0 aliphatic heterocycles. The van der Waals surface area contributed by atoms with Crippen molar-refractivity contribution in [2.75, 3.05) is 0 Å². The summed E-state index contributed by atoms with van der Waals surface area (Å²) in [6, 6.07) is 0. The first-order valence-electron chi connectivity index (χ1n) is 0.894. The fourth-order valence-corrected chi connectivity index (χ4v) is 0. The molecule has 0 spiro atoms. The summed E-state index contributed by atoms with van der Waals surface area (Å²) in [6.45, 7) is 0.